The zero-order chi connectivity index (χ0) is 13.9. The van der Waals surface area contributed by atoms with Crippen LogP contribution in [0.3, 0.4) is 0 Å². The van der Waals surface area contributed by atoms with Gasteiger partial charge in [-0.05, 0) is 25.0 Å². The first-order valence-electron chi connectivity index (χ1n) is 6.54. The van der Waals surface area contributed by atoms with Gasteiger partial charge in [0.15, 0.2) is 0 Å². The van der Waals surface area contributed by atoms with Crippen molar-refractivity contribution in [3.8, 4) is 0 Å². The molecule has 0 heterocycles. The fraction of sp³-hybridized carbons (Fsp3) is 0.429. The molecule has 2 rings (SSSR count). The van der Waals surface area contributed by atoms with Crippen LogP contribution in [-0.2, 0) is 10.0 Å². The number of benzene rings is 1. The minimum atomic E-state index is -3.54. The van der Waals surface area contributed by atoms with Crippen molar-refractivity contribution in [2.45, 2.75) is 36.6 Å². The summed E-state index contributed by atoms with van der Waals surface area (Å²) in [4.78, 5) is 0.198. The van der Waals surface area contributed by atoms with E-state index >= 15 is 0 Å². The van der Waals surface area contributed by atoms with Gasteiger partial charge in [-0.15, -0.1) is 6.58 Å². The van der Waals surface area contributed by atoms with E-state index in [1.807, 2.05) is 0 Å². The summed E-state index contributed by atoms with van der Waals surface area (Å²) in [5.74, 6) is 0. The molecular weight excluding hydrogens is 260 g/mol. The lowest BCUT2D eigenvalue weighted by atomic mass is 10.2. The second-order valence-electron chi connectivity index (χ2n) is 4.84. The highest BCUT2D eigenvalue weighted by Gasteiger charge is 2.33. The van der Waals surface area contributed by atoms with Gasteiger partial charge >= 0.3 is 0 Å². The summed E-state index contributed by atoms with van der Waals surface area (Å²) in [6, 6.07) is 6.69. The summed E-state index contributed by atoms with van der Waals surface area (Å²) in [7, 11) is -3.54. The van der Waals surface area contributed by atoms with Gasteiger partial charge in [-0.1, -0.05) is 31.1 Å². The smallest absolute Gasteiger partial charge is 0.245 e. The van der Waals surface area contributed by atoms with Crippen LogP contribution in [0.1, 0.15) is 25.7 Å². The van der Waals surface area contributed by atoms with Gasteiger partial charge in [0, 0.05) is 12.6 Å². The van der Waals surface area contributed by atoms with E-state index < -0.39 is 10.0 Å². The number of sulfonamides is 1. The predicted octanol–water partition coefficient (Wildman–Crippen LogP) is 2.39. The van der Waals surface area contributed by atoms with Crippen LogP contribution in [0.25, 0.3) is 0 Å². The van der Waals surface area contributed by atoms with Crippen molar-refractivity contribution in [1.29, 1.82) is 0 Å². The molecule has 4 nitrogen and oxygen atoms in total. The van der Waals surface area contributed by atoms with Crippen LogP contribution in [0.2, 0.25) is 0 Å². The Bertz CT molecular complexity index is 548. The maximum absolute atomic E-state index is 12.7. The van der Waals surface area contributed by atoms with Crippen molar-refractivity contribution in [2.75, 3.05) is 12.3 Å². The van der Waals surface area contributed by atoms with Gasteiger partial charge in [0.25, 0.3) is 0 Å². The molecule has 1 aromatic rings. The van der Waals surface area contributed by atoms with Crippen molar-refractivity contribution in [2.24, 2.45) is 0 Å². The van der Waals surface area contributed by atoms with Crippen LogP contribution < -0.4 is 5.73 Å². The first-order valence-corrected chi connectivity index (χ1v) is 7.98. The number of hydrogen-bond donors (Lipinski definition) is 1. The summed E-state index contributed by atoms with van der Waals surface area (Å²) in [5, 5.41) is 0. The molecule has 0 unspecified atom stereocenters. The van der Waals surface area contributed by atoms with Crippen LogP contribution in [0.5, 0.6) is 0 Å². The monoisotopic (exact) mass is 280 g/mol. The predicted molar refractivity (Wildman–Crippen MR) is 77.2 cm³/mol. The molecule has 1 aliphatic rings. The highest BCUT2D eigenvalue weighted by molar-refractivity contribution is 7.89. The maximum Gasteiger partial charge on any atom is 0.245 e. The fourth-order valence-corrected chi connectivity index (χ4v) is 4.38. The minimum absolute atomic E-state index is 0.0719. The highest BCUT2D eigenvalue weighted by Crippen LogP contribution is 2.30. The third-order valence-electron chi connectivity index (χ3n) is 3.55. The van der Waals surface area contributed by atoms with Crippen LogP contribution in [0.4, 0.5) is 5.69 Å². The molecule has 0 bridgehead atoms. The molecule has 1 fully saturated rings. The molecule has 0 spiro atoms. The molecule has 0 saturated heterocycles. The number of rotatable bonds is 5. The van der Waals surface area contributed by atoms with E-state index in [1.54, 1.807) is 34.6 Å². The Labute approximate surface area is 115 Å². The Morgan fingerprint density at radius 1 is 1.32 bits per heavy atom. The van der Waals surface area contributed by atoms with E-state index in [4.69, 9.17) is 5.73 Å². The normalized spacial score (nSPS) is 16.9. The minimum Gasteiger partial charge on any atom is -0.398 e. The molecule has 1 aliphatic carbocycles. The van der Waals surface area contributed by atoms with Crippen LogP contribution in [-0.4, -0.2) is 25.3 Å². The first kappa shape index (κ1) is 14.1. The Hall–Kier alpha value is -1.33. The van der Waals surface area contributed by atoms with E-state index in [2.05, 4.69) is 6.58 Å². The van der Waals surface area contributed by atoms with Gasteiger partial charge in [0.1, 0.15) is 4.90 Å². The maximum atomic E-state index is 12.7. The van der Waals surface area contributed by atoms with Crippen molar-refractivity contribution in [3.05, 3.63) is 36.9 Å². The molecule has 0 aliphatic heterocycles. The summed E-state index contributed by atoms with van der Waals surface area (Å²) < 4.78 is 27.0. The van der Waals surface area contributed by atoms with Crippen molar-refractivity contribution >= 4 is 15.7 Å². The quantitative estimate of drug-likeness (QED) is 0.665. The summed E-state index contributed by atoms with van der Waals surface area (Å²) in [5.41, 5.74) is 6.11. The molecule has 0 radical (unpaired) electrons. The second kappa shape index (κ2) is 5.75. The first-order chi connectivity index (χ1) is 9.07. The number of nitrogens with zero attached hydrogens (tertiary/aromatic N) is 1. The number of anilines is 1. The van der Waals surface area contributed by atoms with Gasteiger partial charge in [0.05, 0.1) is 5.69 Å². The Morgan fingerprint density at radius 3 is 2.53 bits per heavy atom. The highest BCUT2D eigenvalue weighted by atomic mass is 32.2. The van der Waals surface area contributed by atoms with Gasteiger partial charge < -0.3 is 5.73 Å². The summed E-state index contributed by atoms with van der Waals surface area (Å²) in [6.07, 6.45) is 5.63. The lowest BCUT2D eigenvalue weighted by Crippen LogP contribution is -2.39. The van der Waals surface area contributed by atoms with Gasteiger partial charge in [-0.25, -0.2) is 8.42 Å². The fourth-order valence-electron chi connectivity index (χ4n) is 2.60. The van der Waals surface area contributed by atoms with Gasteiger partial charge in [0.2, 0.25) is 10.0 Å². The molecule has 19 heavy (non-hydrogen) atoms. The molecule has 5 heteroatoms. The van der Waals surface area contributed by atoms with Crippen LogP contribution in [0, 0.1) is 0 Å². The molecule has 1 saturated carbocycles. The molecule has 0 atom stereocenters. The standard InChI is InChI=1S/C14H20N2O2S/c1-2-11-16(12-7-3-4-8-12)19(17,18)14-10-6-5-9-13(14)15/h2,5-6,9-10,12H,1,3-4,7-8,11,15H2. The van der Waals surface area contributed by atoms with Crippen molar-refractivity contribution in [3.63, 3.8) is 0 Å². The van der Waals surface area contributed by atoms with Crippen LogP contribution >= 0.6 is 0 Å². The molecule has 0 aromatic heterocycles. The molecule has 104 valence electrons. The number of hydrogen-bond acceptors (Lipinski definition) is 3. The summed E-state index contributed by atoms with van der Waals surface area (Å²) >= 11 is 0. The third-order valence-corrected chi connectivity index (χ3v) is 5.54. The van der Waals surface area contributed by atoms with E-state index in [0.29, 0.717) is 12.2 Å². The number of para-hydroxylation sites is 1. The SMILES string of the molecule is C=CCN(C1CCCC1)S(=O)(=O)c1ccccc1N. The van der Waals surface area contributed by atoms with Crippen LogP contribution in [0.15, 0.2) is 41.8 Å². The molecule has 1 aromatic carbocycles. The Morgan fingerprint density at radius 2 is 1.95 bits per heavy atom. The van der Waals surface area contributed by atoms with E-state index in [1.165, 1.54) is 0 Å². The Balaban J connectivity index is 2.39. The number of nitrogens with two attached hydrogens (primary N) is 1. The lowest BCUT2D eigenvalue weighted by Gasteiger charge is -2.27. The topological polar surface area (TPSA) is 63.4 Å². The van der Waals surface area contributed by atoms with Crippen molar-refractivity contribution in [1.82, 2.24) is 4.31 Å². The van der Waals surface area contributed by atoms with E-state index in [0.717, 1.165) is 25.7 Å². The molecule has 2 N–H and O–H groups in total. The average Bonchev–Trinajstić information content (AvgIpc) is 2.89. The average molecular weight is 280 g/mol. The largest absolute Gasteiger partial charge is 0.398 e. The van der Waals surface area contributed by atoms with E-state index in [9.17, 15) is 8.42 Å². The summed E-state index contributed by atoms with van der Waals surface area (Å²) in [6.45, 7) is 4.00. The Kier molecular flexibility index (Phi) is 4.27. The van der Waals surface area contributed by atoms with Gasteiger partial charge in [-0.3, -0.25) is 0 Å². The third kappa shape index (κ3) is 2.82. The second-order valence-corrected chi connectivity index (χ2v) is 6.70. The van der Waals surface area contributed by atoms with E-state index in [-0.39, 0.29) is 10.9 Å². The zero-order valence-electron chi connectivity index (χ0n) is 11.0. The number of nitrogen functional groups attached to an aromatic ring is 1. The van der Waals surface area contributed by atoms with Crippen molar-refractivity contribution < 1.29 is 8.42 Å². The lowest BCUT2D eigenvalue weighted by molar-refractivity contribution is 0.348. The zero-order valence-corrected chi connectivity index (χ0v) is 11.8. The molecular formula is C14H20N2O2S. The van der Waals surface area contributed by atoms with Gasteiger partial charge in [-0.2, -0.15) is 4.31 Å². The molecule has 0 amide bonds.